The third-order valence-corrected chi connectivity index (χ3v) is 3.90. The van der Waals surface area contributed by atoms with E-state index in [0.717, 1.165) is 20.5 Å². The van der Waals surface area contributed by atoms with Crippen molar-refractivity contribution in [3.63, 3.8) is 0 Å². The zero-order chi connectivity index (χ0) is 11.2. The average Bonchev–Trinajstić information content (AvgIpc) is 2.14. The molecule has 0 radical (unpaired) electrons. The number of rotatable bonds is 6. The van der Waals surface area contributed by atoms with Crippen molar-refractivity contribution in [1.82, 2.24) is 0 Å². The van der Waals surface area contributed by atoms with E-state index in [1.54, 1.807) is 6.92 Å². The second-order valence-electron chi connectivity index (χ2n) is 1.94. The van der Waals surface area contributed by atoms with E-state index >= 15 is 0 Å². The highest BCUT2D eigenvalue weighted by molar-refractivity contribution is 7.61. The van der Waals surface area contributed by atoms with E-state index in [0.29, 0.717) is 0 Å². The first-order valence-corrected chi connectivity index (χ1v) is 6.40. The molecule has 0 rings (SSSR count). The molecule has 0 aromatic rings. The van der Waals surface area contributed by atoms with Gasteiger partial charge in [-0.25, -0.2) is 9.13 Å². The first-order chi connectivity index (χ1) is 6.39. The van der Waals surface area contributed by atoms with Gasteiger partial charge in [-0.3, -0.25) is 9.05 Å². The lowest BCUT2D eigenvalue weighted by molar-refractivity contribution is 0.181. The average molecular weight is 246 g/mol. The highest BCUT2D eigenvalue weighted by atomic mass is 31.3. The molecule has 7 nitrogen and oxygen atoms in total. The lowest BCUT2D eigenvalue weighted by Gasteiger charge is -2.15. The molecule has 84 valence electrons. The summed E-state index contributed by atoms with van der Waals surface area (Å²) in [5.74, 6) is 0. The zero-order valence-electron chi connectivity index (χ0n) is 7.95. The first kappa shape index (κ1) is 13.8. The van der Waals surface area contributed by atoms with Crippen LogP contribution in [0.25, 0.3) is 0 Å². The second kappa shape index (κ2) is 5.66. The van der Waals surface area contributed by atoms with E-state index in [-0.39, 0.29) is 0 Å². The van der Waals surface area contributed by atoms with Gasteiger partial charge in [0.2, 0.25) is 0 Å². The van der Waals surface area contributed by atoms with Gasteiger partial charge in [0.25, 0.3) is 0 Å². The summed E-state index contributed by atoms with van der Waals surface area (Å²) in [6.45, 7) is 1.59. The third kappa shape index (κ3) is 4.91. The molecule has 1 N–H and O–H groups in total. The number of phosphoric ester groups is 2. The molecule has 0 aromatic heterocycles. The van der Waals surface area contributed by atoms with Crippen molar-refractivity contribution < 1.29 is 31.9 Å². The van der Waals surface area contributed by atoms with Gasteiger partial charge in [-0.2, -0.15) is 4.31 Å². The quantitative estimate of drug-likeness (QED) is 0.566. The minimum Gasteiger partial charge on any atom is -0.412 e. The van der Waals surface area contributed by atoms with Gasteiger partial charge >= 0.3 is 15.6 Å². The molecule has 0 spiro atoms. The minimum absolute atomic E-state index is 0.927. The van der Waals surface area contributed by atoms with E-state index < -0.39 is 15.6 Å². The van der Waals surface area contributed by atoms with Crippen LogP contribution >= 0.6 is 15.6 Å². The van der Waals surface area contributed by atoms with E-state index in [4.69, 9.17) is 4.89 Å². The van der Waals surface area contributed by atoms with Crippen LogP contribution in [0.15, 0.2) is 12.3 Å². The molecule has 0 aliphatic carbocycles. The number of hydrogen-bond acceptors (Lipinski definition) is 6. The lowest BCUT2D eigenvalue weighted by Crippen LogP contribution is -1.94. The Hall–Kier alpha value is -0.160. The molecule has 0 aromatic carbocycles. The van der Waals surface area contributed by atoms with Crippen LogP contribution in [0.3, 0.4) is 0 Å². The van der Waals surface area contributed by atoms with Crippen LogP contribution in [-0.2, 0) is 27.0 Å². The van der Waals surface area contributed by atoms with Crippen molar-refractivity contribution >= 4 is 15.6 Å². The van der Waals surface area contributed by atoms with Crippen molar-refractivity contribution in [3.8, 4) is 0 Å². The predicted molar refractivity (Wildman–Crippen MR) is 48.4 cm³/mol. The van der Waals surface area contributed by atoms with Gasteiger partial charge < -0.3 is 9.42 Å². The Morgan fingerprint density at radius 1 is 1.21 bits per heavy atom. The van der Waals surface area contributed by atoms with Crippen molar-refractivity contribution in [2.75, 3.05) is 14.2 Å². The van der Waals surface area contributed by atoms with Crippen LogP contribution in [0, 0.1) is 0 Å². The SMILES string of the molecule is CC=COP(=O)(OC)OP(=O)(O)OC. The molecule has 0 saturated carbocycles. The van der Waals surface area contributed by atoms with Gasteiger partial charge in [0.15, 0.2) is 0 Å². The number of phosphoric acid groups is 2. The molecular weight excluding hydrogens is 234 g/mol. The predicted octanol–water partition coefficient (Wildman–Crippen LogP) is 2.05. The fourth-order valence-corrected chi connectivity index (χ4v) is 2.45. The van der Waals surface area contributed by atoms with E-state index in [1.807, 2.05) is 0 Å². The van der Waals surface area contributed by atoms with Gasteiger partial charge in [0, 0.05) is 14.2 Å². The third-order valence-electron chi connectivity index (χ3n) is 0.984. The van der Waals surface area contributed by atoms with Crippen LogP contribution in [0.1, 0.15) is 6.92 Å². The molecule has 2 unspecified atom stereocenters. The second-order valence-corrected chi connectivity index (χ2v) is 5.36. The molecule has 0 aliphatic heterocycles. The van der Waals surface area contributed by atoms with E-state index in [1.165, 1.54) is 6.08 Å². The molecule has 14 heavy (non-hydrogen) atoms. The Labute approximate surface area is 81.9 Å². The molecule has 0 bridgehead atoms. The first-order valence-electron chi connectivity index (χ1n) is 3.44. The maximum Gasteiger partial charge on any atom is 0.538 e. The maximum absolute atomic E-state index is 11.4. The van der Waals surface area contributed by atoms with Crippen molar-refractivity contribution in [3.05, 3.63) is 12.3 Å². The Bertz CT molecular complexity index is 286. The van der Waals surface area contributed by atoms with Gasteiger partial charge in [-0.1, -0.05) is 6.08 Å². The monoisotopic (exact) mass is 246 g/mol. The molecule has 0 heterocycles. The fraction of sp³-hybridized carbons (Fsp3) is 0.600. The maximum atomic E-state index is 11.4. The summed E-state index contributed by atoms with van der Waals surface area (Å²) in [5, 5.41) is 0. The summed E-state index contributed by atoms with van der Waals surface area (Å²) in [5.41, 5.74) is 0. The Morgan fingerprint density at radius 2 is 1.79 bits per heavy atom. The van der Waals surface area contributed by atoms with Gasteiger partial charge in [0.05, 0.1) is 6.26 Å². The Balaban J connectivity index is 4.56. The van der Waals surface area contributed by atoms with E-state index in [9.17, 15) is 9.13 Å². The zero-order valence-corrected chi connectivity index (χ0v) is 9.73. The highest BCUT2D eigenvalue weighted by Crippen LogP contribution is 2.62. The molecular formula is C5H12O7P2. The van der Waals surface area contributed by atoms with Crippen LogP contribution in [0.2, 0.25) is 0 Å². The molecule has 0 aliphatic rings. The number of hydrogen-bond donors (Lipinski definition) is 1. The van der Waals surface area contributed by atoms with Crippen LogP contribution in [-0.4, -0.2) is 19.1 Å². The summed E-state index contributed by atoms with van der Waals surface area (Å²) in [6.07, 6.45) is 2.42. The standard InChI is InChI=1S/C5H12O7P2/c1-4-5-11-14(8,10-3)12-13(6,7)9-2/h4-5H,1-3H3,(H,6,7). The highest BCUT2D eigenvalue weighted by Gasteiger charge is 2.36. The Kier molecular flexibility index (Phi) is 5.59. The van der Waals surface area contributed by atoms with Gasteiger partial charge in [-0.15, -0.1) is 0 Å². The topological polar surface area (TPSA) is 91.3 Å². The fourth-order valence-electron chi connectivity index (χ4n) is 0.391. The molecule has 9 heteroatoms. The van der Waals surface area contributed by atoms with Crippen LogP contribution in [0.4, 0.5) is 0 Å². The van der Waals surface area contributed by atoms with Gasteiger partial charge in [-0.05, 0) is 6.92 Å². The normalized spacial score (nSPS) is 20.3. The van der Waals surface area contributed by atoms with Gasteiger partial charge in [0.1, 0.15) is 0 Å². The van der Waals surface area contributed by atoms with Crippen LogP contribution < -0.4 is 0 Å². The summed E-state index contributed by atoms with van der Waals surface area (Å²) in [7, 11) is -6.54. The lowest BCUT2D eigenvalue weighted by atomic mass is 10.8. The minimum atomic E-state index is -4.40. The largest absolute Gasteiger partial charge is 0.538 e. The summed E-state index contributed by atoms with van der Waals surface area (Å²) < 4.78 is 39.3. The van der Waals surface area contributed by atoms with Crippen LogP contribution in [0.5, 0.6) is 0 Å². The summed E-state index contributed by atoms with van der Waals surface area (Å²) in [4.78, 5) is 8.84. The number of allylic oxidation sites excluding steroid dienone is 1. The summed E-state index contributed by atoms with van der Waals surface area (Å²) in [6, 6.07) is 0. The molecule has 0 fully saturated rings. The summed E-state index contributed by atoms with van der Waals surface area (Å²) >= 11 is 0. The molecule has 2 atom stereocenters. The smallest absolute Gasteiger partial charge is 0.412 e. The van der Waals surface area contributed by atoms with Crippen molar-refractivity contribution in [2.45, 2.75) is 6.92 Å². The Morgan fingerprint density at radius 3 is 2.14 bits per heavy atom. The van der Waals surface area contributed by atoms with E-state index in [2.05, 4.69) is 17.9 Å². The molecule has 0 amide bonds. The molecule has 0 saturated heterocycles. The van der Waals surface area contributed by atoms with Crippen molar-refractivity contribution in [1.29, 1.82) is 0 Å². The van der Waals surface area contributed by atoms with Crippen molar-refractivity contribution in [2.24, 2.45) is 0 Å².